The van der Waals surface area contributed by atoms with E-state index in [1.807, 2.05) is 0 Å². The molecule has 7 nitrogen and oxygen atoms in total. The third kappa shape index (κ3) is 2.78. The Hall–Kier alpha value is -2.68. The van der Waals surface area contributed by atoms with Gasteiger partial charge in [-0.05, 0) is 23.8 Å². The largest absolute Gasteiger partial charge is 0.474 e. The molecular weight excluding hydrogens is 337 g/mol. The third-order valence-electron chi connectivity index (χ3n) is 3.58. The SMILES string of the molecule is NC(=O)c1cnc2c(c1)N(S(=O)(=O)c1ccc(CF)cc1)CCO2. The van der Waals surface area contributed by atoms with Crippen LogP contribution in [0.1, 0.15) is 15.9 Å². The van der Waals surface area contributed by atoms with Crippen LogP contribution >= 0.6 is 0 Å². The molecule has 1 aliphatic heterocycles. The van der Waals surface area contributed by atoms with Gasteiger partial charge < -0.3 is 10.5 Å². The lowest BCUT2D eigenvalue weighted by atomic mass is 10.2. The van der Waals surface area contributed by atoms with E-state index in [4.69, 9.17) is 10.5 Å². The Labute approximate surface area is 137 Å². The fourth-order valence-electron chi connectivity index (χ4n) is 2.34. The number of nitrogens with zero attached hydrogens (tertiary/aromatic N) is 2. The highest BCUT2D eigenvalue weighted by atomic mass is 32.2. The summed E-state index contributed by atoms with van der Waals surface area (Å²) < 4.78 is 44.8. The van der Waals surface area contributed by atoms with Crippen LogP contribution in [0.3, 0.4) is 0 Å². The van der Waals surface area contributed by atoms with E-state index >= 15 is 0 Å². The van der Waals surface area contributed by atoms with Gasteiger partial charge in [-0.1, -0.05) is 12.1 Å². The van der Waals surface area contributed by atoms with Gasteiger partial charge in [0.25, 0.3) is 10.0 Å². The van der Waals surface area contributed by atoms with Crippen LogP contribution in [0.5, 0.6) is 5.88 Å². The second kappa shape index (κ2) is 6.08. The van der Waals surface area contributed by atoms with Gasteiger partial charge in [-0.25, -0.2) is 17.8 Å². The van der Waals surface area contributed by atoms with Crippen LogP contribution in [0, 0.1) is 0 Å². The van der Waals surface area contributed by atoms with Crippen LogP contribution in [0.4, 0.5) is 10.1 Å². The molecule has 3 rings (SSSR count). The number of anilines is 1. The Balaban J connectivity index is 2.06. The summed E-state index contributed by atoms with van der Waals surface area (Å²) >= 11 is 0. The predicted octanol–water partition coefficient (Wildman–Crippen LogP) is 1.24. The third-order valence-corrected chi connectivity index (χ3v) is 5.41. The van der Waals surface area contributed by atoms with Crippen molar-refractivity contribution in [2.24, 2.45) is 5.73 Å². The van der Waals surface area contributed by atoms with Crippen molar-refractivity contribution in [1.29, 1.82) is 0 Å². The van der Waals surface area contributed by atoms with Crippen LogP contribution in [0.25, 0.3) is 0 Å². The Morgan fingerprint density at radius 3 is 2.67 bits per heavy atom. The Bertz CT molecular complexity index is 884. The summed E-state index contributed by atoms with van der Waals surface area (Å²) in [5.41, 5.74) is 5.83. The number of aromatic nitrogens is 1. The molecule has 0 aliphatic carbocycles. The van der Waals surface area contributed by atoms with Gasteiger partial charge in [0, 0.05) is 6.20 Å². The van der Waals surface area contributed by atoms with Crippen molar-refractivity contribution in [3.8, 4) is 5.88 Å². The molecule has 0 bridgehead atoms. The molecule has 9 heteroatoms. The van der Waals surface area contributed by atoms with Crippen LogP contribution in [0.15, 0.2) is 41.4 Å². The van der Waals surface area contributed by atoms with Crippen molar-refractivity contribution < 1.29 is 22.3 Å². The van der Waals surface area contributed by atoms with Gasteiger partial charge in [0.1, 0.15) is 19.0 Å². The average Bonchev–Trinajstić information content (AvgIpc) is 2.60. The number of ether oxygens (including phenoxy) is 1. The van der Waals surface area contributed by atoms with E-state index in [2.05, 4.69) is 4.98 Å². The highest BCUT2D eigenvalue weighted by Crippen LogP contribution is 2.34. The highest BCUT2D eigenvalue weighted by Gasteiger charge is 2.31. The number of carbonyl (C=O) groups excluding carboxylic acids is 1. The molecule has 24 heavy (non-hydrogen) atoms. The minimum Gasteiger partial charge on any atom is -0.474 e. The topological polar surface area (TPSA) is 103 Å². The number of alkyl halides is 1. The molecule has 2 N–H and O–H groups in total. The maximum Gasteiger partial charge on any atom is 0.264 e. The fourth-order valence-corrected chi connectivity index (χ4v) is 3.78. The number of nitrogens with two attached hydrogens (primary N) is 1. The van der Waals surface area contributed by atoms with E-state index in [0.29, 0.717) is 5.56 Å². The molecule has 0 radical (unpaired) electrons. The standard InChI is InChI=1S/C15H14FN3O4S/c16-8-10-1-3-12(4-2-10)24(21,22)19-5-6-23-15-13(19)7-11(9-18-15)14(17)20/h1-4,7,9H,5-6,8H2,(H2,17,20). The van der Waals surface area contributed by atoms with Crippen molar-refractivity contribution in [1.82, 2.24) is 4.98 Å². The first-order valence-electron chi connectivity index (χ1n) is 7.04. The van der Waals surface area contributed by atoms with E-state index in [9.17, 15) is 17.6 Å². The zero-order valence-electron chi connectivity index (χ0n) is 12.5. The molecule has 0 atom stereocenters. The summed E-state index contributed by atoms with van der Waals surface area (Å²) in [6, 6.07) is 6.82. The molecule has 0 saturated carbocycles. The van der Waals surface area contributed by atoms with Crippen molar-refractivity contribution in [3.05, 3.63) is 47.7 Å². The molecule has 0 saturated heterocycles. The molecular formula is C15H14FN3O4S. The lowest BCUT2D eigenvalue weighted by Gasteiger charge is -2.29. The first-order valence-corrected chi connectivity index (χ1v) is 8.48. The minimum atomic E-state index is -3.90. The lowest BCUT2D eigenvalue weighted by Crippen LogP contribution is -2.38. The number of halogens is 1. The van der Waals surface area contributed by atoms with Gasteiger partial charge in [-0.2, -0.15) is 0 Å². The quantitative estimate of drug-likeness (QED) is 0.893. The summed E-state index contributed by atoms with van der Waals surface area (Å²) in [7, 11) is -3.90. The van der Waals surface area contributed by atoms with E-state index < -0.39 is 22.6 Å². The van der Waals surface area contributed by atoms with Crippen LogP contribution < -0.4 is 14.8 Å². The molecule has 126 valence electrons. The number of pyridine rings is 1. The summed E-state index contributed by atoms with van der Waals surface area (Å²) in [6.45, 7) is -0.492. The molecule has 2 aromatic rings. The molecule has 1 aliphatic rings. The summed E-state index contributed by atoms with van der Waals surface area (Å²) in [4.78, 5) is 15.3. The molecule has 1 amide bonds. The average molecular weight is 351 g/mol. The smallest absolute Gasteiger partial charge is 0.264 e. The number of primary amides is 1. The minimum absolute atomic E-state index is 0.0111. The first kappa shape index (κ1) is 16.2. The number of amides is 1. The van der Waals surface area contributed by atoms with Gasteiger partial charge in [0.2, 0.25) is 11.8 Å². The number of benzene rings is 1. The molecule has 1 aromatic heterocycles. The Morgan fingerprint density at radius 2 is 2.04 bits per heavy atom. The Kier molecular flexibility index (Phi) is 4.10. The second-order valence-corrected chi connectivity index (χ2v) is 6.98. The highest BCUT2D eigenvalue weighted by molar-refractivity contribution is 7.92. The lowest BCUT2D eigenvalue weighted by molar-refractivity contribution is 0.1000. The normalized spacial score (nSPS) is 14.0. The van der Waals surface area contributed by atoms with Gasteiger partial charge in [-0.15, -0.1) is 0 Å². The fraction of sp³-hybridized carbons (Fsp3) is 0.200. The zero-order valence-corrected chi connectivity index (χ0v) is 13.3. The van der Waals surface area contributed by atoms with E-state index in [1.165, 1.54) is 36.5 Å². The predicted molar refractivity (Wildman–Crippen MR) is 84.0 cm³/mol. The number of hydrogen-bond donors (Lipinski definition) is 1. The van der Waals surface area contributed by atoms with Crippen molar-refractivity contribution >= 4 is 21.6 Å². The van der Waals surface area contributed by atoms with Crippen molar-refractivity contribution in [3.63, 3.8) is 0 Å². The molecule has 1 aromatic carbocycles. The van der Waals surface area contributed by atoms with Gasteiger partial charge in [0.05, 0.1) is 17.0 Å². The van der Waals surface area contributed by atoms with E-state index in [0.717, 1.165) is 4.31 Å². The summed E-state index contributed by atoms with van der Waals surface area (Å²) in [6.07, 6.45) is 1.23. The molecule has 0 spiro atoms. The molecule has 0 fully saturated rings. The maximum absolute atomic E-state index is 12.9. The number of rotatable bonds is 4. The van der Waals surface area contributed by atoms with Crippen molar-refractivity contribution in [2.75, 3.05) is 17.5 Å². The molecule has 2 heterocycles. The monoisotopic (exact) mass is 351 g/mol. The molecule has 0 unspecified atom stereocenters. The number of fused-ring (bicyclic) bond motifs is 1. The van der Waals surface area contributed by atoms with E-state index in [-0.39, 0.29) is 35.2 Å². The van der Waals surface area contributed by atoms with Crippen LogP contribution in [0.2, 0.25) is 0 Å². The summed E-state index contributed by atoms with van der Waals surface area (Å²) in [5, 5.41) is 0. The van der Waals surface area contributed by atoms with E-state index in [1.54, 1.807) is 0 Å². The number of hydrogen-bond acceptors (Lipinski definition) is 5. The second-order valence-electron chi connectivity index (χ2n) is 5.12. The van der Waals surface area contributed by atoms with Gasteiger partial charge in [-0.3, -0.25) is 9.10 Å². The maximum atomic E-state index is 12.9. The zero-order chi connectivity index (χ0) is 17.3. The number of carbonyl (C=O) groups is 1. The van der Waals surface area contributed by atoms with Crippen molar-refractivity contribution in [2.45, 2.75) is 11.6 Å². The van der Waals surface area contributed by atoms with Crippen LogP contribution in [-0.4, -0.2) is 32.5 Å². The van der Waals surface area contributed by atoms with Crippen LogP contribution in [-0.2, 0) is 16.7 Å². The number of sulfonamides is 1. The van der Waals surface area contributed by atoms with Gasteiger partial charge in [0.15, 0.2) is 0 Å². The van der Waals surface area contributed by atoms with Gasteiger partial charge >= 0.3 is 0 Å². The first-order chi connectivity index (χ1) is 11.4. The Morgan fingerprint density at radius 1 is 1.33 bits per heavy atom. The summed E-state index contributed by atoms with van der Waals surface area (Å²) in [5.74, 6) is -0.615.